The van der Waals surface area contributed by atoms with Gasteiger partial charge in [-0.25, -0.2) is 13.6 Å². The maximum absolute atomic E-state index is 14.1. The maximum Gasteiger partial charge on any atom is 0.348 e. The fraction of sp³-hybridized carbons (Fsp3) is 0.400. The van der Waals surface area contributed by atoms with Crippen LogP contribution in [0.15, 0.2) is 52.4 Å². The second-order valence-corrected chi connectivity index (χ2v) is 8.28. The van der Waals surface area contributed by atoms with E-state index in [2.05, 4.69) is 15.2 Å². The number of hydrogen-bond donors (Lipinski definition) is 1. The van der Waals surface area contributed by atoms with Gasteiger partial charge in [0.15, 0.2) is 17.7 Å². The van der Waals surface area contributed by atoms with Gasteiger partial charge in [-0.2, -0.15) is 4.68 Å². The Hall–Kier alpha value is -3.45. The lowest BCUT2D eigenvalue weighted by Crippen LogP contribution is -2.59. The summed E-state index contributed by atoms with van der Waals surface area (Å²) in [5.74, 6) is -1.43. The fourth-order valence-corrected chi connectivity index (χ4v) is 4.17. The first-order valence-corrected chi connectivity index (χ1v) is 11.6. The molecule has 2 heterocycles. The molecule has 0 amide bonds. The summed E-state index contributed by atoms with van der Waals surface area (Å²) < 4.78 is 50.9. The molecule has 2 aromatic carbocycles. The molecule has 4 rings (SSSR count). The minimum Gasteiger partial charge on any atom is -0.376 e. The molecule has 198 valence electrons. The van der Waals surface area contributed by atoms with Crippen LogP contribution >= 0.6 is 0 Å². The smallest absolute Gasteiger partial charge is 0.348 e. The number of H-pyrrole nitrogens is 1. The van der Waals surface area contributed by atoms with Crippen molar-refractivity contribution in [2.24, 2.45) is 5.16 Å². The lowest BCUT2D eigenvalue weighted by Gasteiger charge is -2.42. The molecule has 1 aliphatic heterocycles. The second kappa shape index (κ2) is 11.7. The van der Waals surface area contributed by atoms with Gasteiger partial charge in [-0.3, -0.25) is 4.98 Å². The largest absolute Gasteiger partial charge is 0.376 e. The van der Waals surface area contributed by atoms with E-state index in [-0.39, 0.29) is 23.7 Å². The Labute approximate surface area is 211 Å². The minimum atomic E-state index is -0.899. The summed E-state index contributed by atoms with van der Waals surface area (Å²) >= 11 is 0. The standard InChI is InChI=1S/C25H28F2N4O6/c1-5-35-22-21(34-4)20(33-3)14(2)36-24(22)37-28-13-15-6-8-16(9-7-15)23-29-25(32)31(30-23)19-11-10-17(26)12-18(19)27/h6-14,20-22,24H,5H2,1-4H3,(H,29,30,32)/b28-13+/t14-,20-,21+,22+,24-/m0/s1. The van der Waals surface area contributed by atoms with Crippen LogP contribution in [0.25, 0.3) is 17.1 Å². The van der Waals surface area contributed by atoms with Crippen molar-refractivity contribution in [3.8, 4) is 17.1 Å². The summed E-state index contributed by atoms with van der Waals surface area (Å²) in [6, 6.07) is 9.77. The van der Waals surface area contributed by atoms with Gasteiger partial charge in [0.25, 0.3) is 6.29 Å². The highest BCUT2D eigenvalue weighted by molar-refractivity contribution is 5.80. The number of halogens is 2. The van der Waals surface area contributed by atoms with Gasteiger partial charge in [-0.05, 0) is 31.5 Å². The molecule has 0 spiro atoms. The van der Waals surface area contributed by atoms with Crippen molar-refractivity contribution in [3.63, 3.8) is 0 Å². The Morgan fingerprint density at radius 3 is 2.49 bits per heavy atom. The summed E-state index contributed by atoms with van der Waals surface area (Å²) in [5, 5.41) is 8.18. The first-order valence-electron chi connectivity index (χ1n) is 11.6. The van der Waals surface area contributed by atoms with E-state index in [1.807, 2.05) is 13.8 Å². The lowest BCUT2D eigenvalue weighted by atomic mass is 9.99. The van der Waals surface area contributed by atoms with Crippen molar-refractivity contribution >= 4 is 6.21 Å². The number of oxime groups is 1. The molecular weight excluding hydrogens is 490 g/mol. The van der Waals surface area contributed by atoms with Crippen molar-refractivity contribution < 1.29 is 32.6 Å². The Morgan fingerprint density at radius 1 is 1.11 bits per heavy atom. The summed E-state index contributed by atoms with van der Waals surface area (Å²) in [4.78, 5) is 20.5. The molecule has 1 aliphatic rings. The highest BCUT2D eigenvalue weighted by Crippen LogP contribution is 2.28. The zero-order valence-corrected chi connectivity index (χ0v) is 20.8. The highest BCUT2D eigenvalue weighted by atomic mass is 19.1. The van der Waals surface area contributed by atoms with E-state index in [0.717, 1.165) is 16.8 Å². The fourth-order valence-electron chi connectivity index (χ4n) is 4.17. The topological polar surface area (TPSA) is 109 Å². The van der Waals surface area contributed by atoms with E-state index in [1.165, 1.54) is 6.21 Å². The zero-order valence-electron chi connectivity index (χ0n) is 20.8. The van der Waals surface area contributed by atoms with E-state index in [1.54, 1.807) is 38.5 Å². The van der Waals surface area contributed by atoms with Crippen molar-refractivity contribution in [2.75, 3.05) is 20.8 Å². The van der Waals surface area contributed by atoms with Crippen LogP contribution in [0, 0.1) is 11.6 Å². The van der Waals surface area contributed by atoms with E-state index in [0.29, 0.717) is 23.8 Å². The van der Waals surface area contributed by atoms with Gasteiger partial charge in [0.1, 0.15) is 23.7 Å². The lowest BCUT2D eigenvalue weighted by molar-refractivity contribution is -0.308. The molecule has 5 atom stereocenters. The number of benzene rings is 2. The van der Waals surface area contributed by atoms with Gasteiger partial charge < -0.3 is 23.8 Å². The van der Waals surface area contributed by atoms with Crippen LogP contribution in [-0.2, 0) is 23.8 Å². The number of nitrogens with one attached hydrogen (secondary N) is 1. The minimum absolute atomic E-state index is 0.160. The number of aromatic amines is 1. The van der Waals surface area contributed by atoms with Crippen molar-refractivity contribution in [1.29, 1.82) is 0 Å². The number of rotatable bonds is 9. The van der Waals surface area contributed by atoms with E-state index in [9.17, 15) is 13.6 Å². The molecule has 37 heavy (non-hydrogen) atoms. The molecule has 0 radical (unpaired) electrons. The molecule has 0 unspecified atom stereocenters. The predicted molar refractivity (Wildman–Crippen MR) is 130 cm³/mol. The molecule has 0 saturated carbocycles. The van der Waals surface area contributed by atoms with Crippen molar-refractivity contribution in [2.45, 2.75) is 44.6 Å². The van der Waals surface area contributed by atoms with Crippen molar-refractivity contribution in [3.05, 3.63) is 70.1 Å². The molecule has 3 aromatic rings. The molecule has 0 aliphatic carbocycles. The molecule has 1 saturated heterocycles. The van der Waals surface area contributed by atoms with Crippen LogP contribution in [0.3, 0.4) is 0 Å². The average Bonchev–Trinajstić information content (AvgIpc) is 3.26. The number of aromatic nitrogens is 3. The highest BCUT2D eigenvalue weighted by Gasteiger charge is 2.47. The number of ether oxygens (including phenoxy) is 4. The molecule has 1 aromatic heterocycles. The second-order valence-electron chi connectivity index (χ2n) is 8.28. The Kier molecular flexibility index (Phi) is 8.44. The monoisotopic (exact) mass is 518 g/mol. The summed E-state index contributed by atoms with van der Waals surface area (Å²) in [5.41, 5.74) is 0.456. The van der Waals surface area contributed by atoms with Crippen LogP contribution in [0.5, 0.6) is 0 Å². The molecule has 10 nitrogen and oxygen atoms in total. The van der Waals surface area contributed by atoms with E-state index < -0.39 is 35.8 Å². The Morgan fingerprint density at radius 2 is 1.84 bits per heavy atom. The van der Waals surface area contributed by atoms with Gasteiger partial charge in [-0.15, -0.1) is 5.10 Å². The number of nitrogens with zero attached hydrogens (tertiary/aromatic N) is 3. The van der Waals surface area contributed by atoms with Crippen molar-refractivity contribution in [1.82, 2.24) is 14.8 Å². The summed E-state index contributed by atoms with van der Waals surface area (Å²) in [7, 11) is 3.17. The molecular formula is C25H28F2N4O6. The predicted octanol–water partition coefficient (Wildman–Crippen LogP) is 3.04. The SMILES string of the molecule is CCO[C@H]1[C@H](O/N=C/c2ccc(-c3nn(-c4ccc(F)cc4F)c(=O)[nH]3)cc2)O[C@@H](C)[C@H](OC)[C@H]1OC. The summed E-state index contributed by atoms with van der Waals surface area (Å²) in [6.07, 6.45) is -0.890. The molecule has 12 heteroatoms. The quantitative estimate of drug-likeness (QED) is 0.343. The van der Waals surface area contributed by atoms with Gasteiger partial charge in [-0.1, -0.05) is 29.4 Å². The maximum atomic E-state index is 14.1. The normalized spacial score (nSPS) is 24.0. The van der Waals surface area contributed by atoms with E-state index >= 15 is 0 Å². The molecule has 0 bridgehead atoms. The number of hydrogen-bond acceptors (Lipinski definition) is 8. The molecule has 1 fully saturated rings. The zero-order chi connectivity index (χ0) is 26.5. The van der Waals surface area contributed by atoms with Gasteiger partial charge in [0, 0.05) is 32.5 Å². The van der Waals surface area contributed by atoms with Gasteiger partial charge in [0.05, 0.1) is 12.3 Å². The Bertz CT molecular complexity index is 1280. The van der Waals surface area contributed by atoms with Crippen LogP contribution in [0.4, 0.5) is 8.78 Å². The summed E-state index contributed by atoms with van der Waals surface area (Å²) in [6.45, 7) is 4.15. The van der Waals surface area contributed by atoms with Crippen LogP contribution < -0.4 is 5.69 Å². The molecule has 1 N–H and O–H groups in total. The first-order chi connectivity index (χ1) is 17.9. The third kappa shape index (κ3) is 5.77. The van der Waals surface area contributed by atoms with Gasteiger partial charge >= 0.3 is 5.69 Å². The third-order valence-corrected chi connectivity index (χ3v) is 5.94. The van der Waals surface area contributed by atoms with Crippen LogP contribution in [0.2, 0.25) is 0 Å². The third-order valence-electron chi connectivity index (χ3n) is 5.94. The number of methoxy groups -OCH3 is 2. The van der Waals surface area contributed by atoms with Crippen LogP contribution in [0.1, 0.15) is 19.4 Å². The van der Waals surface area contributed by atoms with E-state index in [4.69, 9.17) is 23.8 Å². The first kappa shape index (κ1) is 26.6. The van der Waals surface area contributed by atoms with Crippen LogP contribution in [-0.4, -0.2) is 72.5 Å². The average molecular weight is 519 g/mol. The Balaban J connectivity index is 1.46. The van der Waals surface area contributed by atoms with Gasteiger partial charge in [0.2, 0.25) is 0 Å².